The molecule has 104 valence electrons. The lowest BCUT2D eigenvalue weighted by molar-refractivity contribution is -0.119. The standard InChI is InChI=1S/C13H16N6O/c1-13(2)7-5-9-10(6-8(7)15-11(13)20)17-12(16-9)19-4-3-14-18-19/h3-6,12,14,16-18H,1-2H3,(H,15,20). The van der Waals surface area contributed by atoms with E-state index in [-0.39, 0.29) is 12.2 Å². The number of anilines is 3. The number of hydrogen-bond donors (Lipinski definition) is 5. The maximum absolute atomic E-state index is 12.0. The van der Waals surface area contributed by atoms with Crippen molar-refractivity contribution >= 4 is 23.0 Å². The molecule has 0 radical (unpaired) electrons. The van der Waals surface area contributed by atoms with E-state index in [1.165, 1.54) is 0 Å². The van der Waals surface area contributed by atoms with Gasteiger partial charge in [0.05, 0.1) is 16.8 Å². The molecule has 0 saturated carbocycles. The van der Waals surface area contributed by atoms with Gasteiger partial charge in [0, 0.05) is 18.1 Å². The van der Waals surface area contributed by atoms with Crippen LogP contribution in [0.3, 0.4) is 0 Å². The number of rotatable bonds is 1. The first-order valence-corrected chi connectivity index (χ1v) is 6.55. The van der Waals surface area contributed by atoms with Crippen LogP contribution < -0.4 is 26.9 Å². The minimum absolute atomic E-state index is 0.0427. The Bertz CT molecular complexity index is 638. The van der Waals surface area contributed by atoms with Gasteiger partial charge in [0.2, 0.25) is 5.91 Å². The molecule has 7 nitrogen and oxygen atoms in total. The maximum Gasteiger partial charge on any atom is 0.234 e. The molecule has 20 heavy (non-hydrogen) atoms. The lowest BCUT2D eigenvalue weighted by atomic mass is 9.86. The van der Waals surface area contributed by atoms with Crippen LogP contribution in [0.1, 0.15) is 19.4 Å². The predicted octanol–water partition coefficient (Wildman–Crippen LogP) is 0.833. The van der Waals surface area contributed by atoms with Gasteiger partial charge in [-0.25, -0.2) is 0 Å². The zero-order valence-electron chi connectivity index (χ0n) is 11.2. The second kappa shape index (κ2) is 3.57. The molecule has 7 heteroatoms. The van der Waals surface area contributed by atoms with Crippen LogP contribution in [0.25, 0.3) is 0 Å². The van der Waals surface area contributed by atoms with Crippen LogP contribution in [-0.2, 0) is 10.2 Å². The molecule has 0 aromatic heterocycles. The number of carbonyl (C=O) groups excluding carboxylic acids is 1. The highest BCUT2D eigenvalue weighted by molar-refractivity contribution is 6.07. The third-order valence-electron chi connectivity index (χ3n) is 4.02. The number of fused-ring (bicyclic) bond motifs is 2. The number of benzene rings is 1. The van der Waals surface area contributed by atoms with Crippen LogP contribution in [0, 0.1) is 0 Å². The van der Waals surface area contributed by atoms with Gasteiger partial charge in [-0.3, -0.25) is 9.80 Å². The molecule has 0 bridgehead atoms. The molecule has 3 heterocycles. The van der Waals surface area contributed by atoms with Crippen molar-refractivity contribution in [2.45, 2.75) is 25.6 Å². The summed E-state index contributed by atoms with van der Waals surface area (Å²) in [6.45, 7) is 3.88. The third kappa shape index (κ3) is 1.41. The van der Waals surface area contributed by atoms with E-state index in [9.17, 15) is 4.79 Å². The average Bonchev–Trinajstić information content (AvgIpc) is 3.08. The van der Waals surface area contributed by atoms with Crippen molar-refractivity contribution in [2.75, 3.05) is 16.0 Å². The van der Waals surface area contributed by atoms with Crippen molar-refractivity contribution in [1.82, 2.24) is 16.0 Å². The van der Waals surface area contributed by atoms with Crippen LogP contribution in [0.4, 0.5) is 17.1 Å². The van der Waals surface area contributed by atoms with E-state index in [4.69, 9.17) is 0 Å². The fraction of sp³-hybridized carbons (Fsp3) is 0.308. The van der Waals surface area contributed by atoms with Crippen LogP contribution >= 0.6 is 0 Å². The van der Waals surface area contributed by atoms with Crippen molar-refractivity contribution in [1.29, 1.82) is 0 Å². The summed E-state index contributed by atoms with van der Waals surface area (Å²) in [5.74, 6) is 0.0427. The van der Waals surface area contributed by atoms with E-state index in [1.54, 1.807) is 0 Å². The van der Waals surface area contributed by atoms with Crippen molar-refractivity contribution in [3.63, 3.8) is 0 Å². The smallest absolute Gasteiger partial charge is 0.234 e. The van der Waals surface area contributed by atoms with E-state index >= 15 is 0 Å². The summed E-state index contributed by atoms with van der Waals surface area (Å²) >= 11 is 0. The number of nitrogens with one attached hydrogen (secondary N) is 5. The molecule has 1 amide bonds. The molecule has 1 aromatic carbocycles. The molecule has 0 spiro atoms. The van der Waals surface area contributed by atoms with Gasteiger partial charge in [0.15, 0.2) is 6.29 Å². The van der Waals surface area contributed by atoms with E-state index in [0.717, 1.165) is 22.6 Å². The molecular formula is C13H16N6O. The molecule has 3 aliphatic rings. The van der Waals surface area contributed by atoms with Crippen LogP contribution in [0.2, 0.25) is 0 Å². The molecular weight excluding hydrogens is 256 g/mol. The van der Waals surface area contributed by atoms with Gasteiger partial charge < -0.3 is 21.4 Å². The lowest BCUT2D eigenvalue weighted by Gasteiger charge is -2.23. The van der Waals surface area contributed by atoms with Crippen LogP contribution in [0.5, 0.6) is 0 Å². The van der Waals surface area contributed by atoms with Crippen molar-refractivity contribution in [3.8, 4) is 0 Å². The maximum atomic E-state index is 12.0. The molecule has 1 aromatic rings. The molecule has 0 fully saturated rings. The third-order valence-corrected chi connectivity index (χ3v) is 4.02. The number of amides is 1. The fourth-order valence-corrected chi connectivity index (χ4v) is 2.75. The average molecular weight is 272 g/mol. The molecule has 5 N–H and O–H groups in total. The quantitative estimate of drug-likeness (QED) is 0.521. The van der Waals surface area contributed by atoms with Gasteiger partial charge in [-0.1, -0.05) is 0 Å². The summed E-state index contributed by atoms with van der Waals surface area (Å²) in [5, 5.41) is 11.6. The molecule has 1 unspecified atom stereocenters. The summed E-state index contributed by atoms with van der Waals surface area (Å²) in [5.41, 5.74) is 9.29. The normalized spacial score (nSPS) is 24.6. The van der Waals surface area contributed by atoms with E-state index in [2.05, 4.69) is 26.9 Å². The van der Waals surface area contributed by atoms with Gasteiger partial charge in [0.1, 0.15) is 0 Å². The van der Waals surface area contributed by atoms with Gasteiger partial charge in [-0.2, -0.15) is 0 Å². The Morgan fingerprint density at radius 3 is 2.60 bits per heavy atom. The van der Waals surface area contributed by atoms with E-state index in [1.807, 2.05) is 43.4 Å². The molecule has 3 aliphatic heterocycles. The SMILES string of the molecule is CC1(C)C(=O)Nc2cc3c(cc21)NC(N1C=CNN1)N3. The molecule has 1 atom stereocenters. The molecule has 0 aliphatic carbocycles. The van der Waals surface area contributed by atoms with Crippen LogP contribution in [0.15, 0.2) is 24.5 Å². The molecule has 0 saturated heterocycles. The highest BCUT2D eigenvalue weighted by atomic mass is 16.2. The van der Waals surface area contributed by atoms with E-state index < -0.39 is 5.41 Å². The Hall–Kier alpha value is -2.41. The summed E-state index contributed by atoms with van der Waals surface area (Å²) in [7, 11) is 0. The monoisotopic (exact) mass is 272 g/mol. The number of hydrazine groups is 2. The number of carbonyl (C=O) groups is 1. The zero-order chi connectivity index (χ0) is 13.9. The Balaban J connectivity index is 1.68. The summed E-state index contributed by atoms with van der Waals surface area (Å²) in [4.78, 5) is 12.0. The molecule has 4 rings (SSSR count). The number of hydrogen-bond acceptors (Lipinski definition) is 6. The largest absolute Gasteiger partial charge is 0.346 e. The van der Waals surface area contributed by atoms with Gasteiger partial charge in [-0.15, -0.1) is 5.53 Å². The number of nitrogens with zero attached hydrogens (tertiary/aromatic N) is 1. The fourth-order valence-electron chi connectivity index (χ4n) is 2.75. The Morgan fingerprint density at radius 1 is 1.15 bits per heavy atom. The second-order valence-corrected chi connectivity index (χ2v) is 5.69. The summed E-state index contributed by atoms with van der Waals surface area (Å²) in [6.07, 6.45) is 3.64. The highest BCUT2D eigenvalue weighted by Crippen LogP contribution is 2.43. The minimum Gasteiger partial charge on any atom is -0.346 e. The first-order chi connectivity index (χ1) is 9.55. The summed E-state index contributed by atoms with van der Waals surface area (Å²) in [6, 6.07) is 4.03. The zero-order valence-corrected chi connectivity index (χ0v) is 11.2. The predicted molar refractivity (Wildman–Crippen MR) is 76.4 cm³/mol. The Labute approximate surface area is 116 Å². The highest BCUT2D eigenvalue weighted by Gasteiger charge is 2.40. The topological polar surface area (TPSA) is 80.5 Å². The van der Waals surface area contributed by atoms with Crippen molar-refractivity contribution in [2.24, 2.45) is 0 Å². The van der Waals surface area contributed by atoms with Gasteiger partial charge in [-0.05, 0) is 31.5 Å². The van der Waals surface area contributed by atoms with Crippen LogP contribution in [-0.4, -0.2) is 17.2 Å². The second-order valence-electron chi connectivity index (χ2n) is 5.69. The van der Waals surface area contributed by atoms with Crippen molar-refractivity contribution < 1.29 is 4.79 Å². The van der Waals surface area contributed by atoms with Crippen molar-refractivity contribution in [3.05, 3.63) is 30.1 Å². The Morgan fingerprint density at radius 2 is 1.90 bits per heavy atom. The van der Waals surface area contributed by atoms with E-state index in [0.29, 0.717) is 0 Å². The van der Waals surface area contributed by atoms with Gasteiger partial charge >= 0.3 is 0 Å². The minimum atomic E-state index is -0.489. The Kier molecular flexibility index (Phi) is 2.04. The first-order valence-electron chi connectivity index (χ1n) is 6.55. The van der Waals surface area contributed by atoms with Gasteiger partial charge in [0.25, 0.3) is 0 Å². The lowest BCUT2D eigenvalue weighted by Crippen LogP contribution is -2.48. The summed E-state index contributed by atoms with van der Waals surface area (Å²) < 4.78 is 0. The first kappa shape index (κ1) is 11.4.